The summed E-state index contributed by atoms with van der Waals surface area (Å²) in [5.41, 5.74) is 1.30. The Morgan fingerprint density at radius 3 is 2.88 bits per heavy atom. The third kappa shape index (κ3) is 4.95. The Morgan fingerprint density at radius 2 is 2.16 bits per heavy atom. The van der Waals surface area contributed by atoms with Crippen LogP contribution in [-0.2, 0) is 13.0 Å². The van der Waals surface area contributed by atoms with Crippen LogP contribution >= 0.6 is 11.3 Å². The van der Waals surface area contributed by atoms with Crippen molar-refractivity contribution in [1.82, 2.24) is 15.6 Å². The van der Waals surface area contributed by atoms with Gasteiger partial charge in [-0.25, -0.2) is 9.98 Å². The highest BCUT2D eigenvalue weighted by molar-refractivity contribution is 7.11. The first-order chi connectivity index (χ1) is 12.3. The van der Waals surface area contributed by atoms with Crippen molar-refractivity contribution in [2.45, 2.75) is 39.3 Å². The van der Waals surface area contributed by atoms with E-state index in [1.165, 1.54) is 10.6 Å². The van der Waals surface area contributed by atoms with E-state index >= 15 is 0 Å². The third-order valence-electron chi connectivity index (χ3n) is 4.32. The number of thiazole rings is 1. The lowest BCUT2D eigenvalue weighted by atomic mass is 10.3. The molecule has 0 amide bonds. The molecule has 6 heteroatoms. The molecule has 2 heterocycles. The van der Waals surface area contributed by atoms with E-state index in [1.54, 1.807) is 11.3 Å². The quantitative estimate of drug-likeness (QED) is 0.616. The maximum Gasteiger partial charge on any atom is 0.191 e. The van der Waals surface area contributed by atoms with Gasteiger partial charge in [0.2, 0.25) is 0 Å². The second-order valence-electron chi connectivity index (χ2n) is 6.18. The molecule has 1 unspecified atom stereocenters. The van der Waals surface area contributed by atoms with Gasteiger partial charge in [-0.1, -0.05) is 25.1 Å². The predicted molar refractivity (Wildman–Crippen MR) is 107 cm³/mol. The predicted octanol–water partition coefficient (Wildman–Crippen LogP) is 3.04. The summed E-state index contributed by atoms with van der Waals surface area (Å²) < 4.78 is 0. The topological polar surface area (TPSA) is 52.6 Å². The number of rotatable bonds is 6. The number of guanidine groups is 1. The summed E-state index contributed by atoms with van der Waals surface area (Å²) in [4.78, 5) is 12.9. The fourth-order valence-electron chi connectivity index (χ4n) is 3.00. The molecule has 3 rings (SSSR count). The number of aliphatic imine (C=N–C) groups is 1. The molecule has 5 nitrogen and oxygen atoms in total. The van der Waals surface area contributed by atoms with Crippen molar-refractivity contribution in [3.05, 3.63) is 46.4 Å². The van der Waals surface area contributed by atoms with E-state index in [1.807, 2.05) is 6.20 Å². The minimum Gasteiger partial charge on any atom is -0.369 e. The molecule has 1 aromatic carbocycles. The molecular formula is C19H27N5S. The number of para-hydroxylation sites is 1. The van der Waals surface area contributed by atoms with Gasteiger partial charge in [0, 0.05) is 42.4 Å². The maximum absolute atomic E-state index is 4.72. The lowest BCUT2D eigenvalue weighted by molar-refractivity contribution is 0.649. The number of benzene rings is 1. The minimum absolute atomic E-state index is 0.417. The van der Waals surface area contributed by atoms with E-state index in [9.17, 15) is 0 Å². The van der Waals surface area contributed by atoms with Crippen LogP contribution in [0.2, 0.25) is 0 Å². The van der Waals surface area contributed by atoms with E-state index in [2.05, 4.69) is 64.7 Å². The van der Waals surface area contributed by atoms with Gasteiger partial charge in [0.05, 0.1) is 6.54 Å². The molecule has 0 saturated carbocycles. The molecule has 2 aromatic rings. The van der Waals surface area contributed by atoms with E-state index in [0.717, 1.165) is 43.4 Å². The van der Waals surface area contributed by atoms with Gasteiger partial charge in [0.1, 0.15) is 5.01 Å². The molecule has 0 radical (unpaired) electrons. The van der Waals surface area contributed by atoms with Crippen LogP contribution in [0, 0.1) is 0 Å². The van der Waals surface area contributed by atoms with Crippen molar-refractivity contribution in [1.29, 1.82) is 0 Å². The Labute approximate surface area is 154 Å². The van der Waals surface area contributed by atoms with Gasteiger partial charge >= 0.3 is 0 Å². The second kappa shape index (κ2) is 8.85. The molecule has 0 bridgehead atoms. The van der Waals surface area contributed by atoms with Crippen LogP contribution < -0.4 is 15.5 Å². The standard InChI is InChI=1S/C19H27N5S/c1-3-17-12-21-18(25-17)13-22-19(20-4-2)23-15-10-11-24(14-15)16-8-6-5-7-9-16/h5-9,12,15H,3-4,10-11,13-14H2,1-2H3,(H2,20,22,23). The van der Waals surface area contributed by atoms with Crippen LogP contribution in [0.15, 0.2) is 41.5 Å². The average molecular weight is 358 g/mol. The van der Waals surface area contributed by atoms with Crippen molar-refractivity contribution < 1.29 is 0 Å². The van der Waals surface area contributed by atoms with Gasteiger partial charge < -0.3 is 15.5 Å². The summed E-state index contributed by atoms with van der Waals surface area (Å²) >= 11 is 1.75. The van der Waals surface area contributed by atoms with Gasteiger partial charge in [0.25, 0.3) is 0 Å². The maximum atomic E-state index is 4.72. The molecule has 25 heavy (non-hydrogen) atoms. The third-order valence-corrected chi connectivity index (χ3v) is 5.44. The minimum atomic E-state index is 0.417. The molecule has 1 aliphatic heterocycles. The number of nitrogens with one attached hydrogen (secondary N) is 2. The summed E-state index contributed by atoms with van der Waals surface area (Å²) in [5, 5.41) is 8.01. The highest BCUT2D eigenvalue weighted by atomic mass is 32.1. The highest BCUT2D eigenvalue weighted by Crippen LogP contribution is 2.19. The summed E-state index contributed by atoms with van der Waals surface area (Å²) in [6.45, 7) is 7.83. The van der Waals surface area contributed by atoms with E-state index in [-0.39, 0.29) is 0 Å². The molecule has 0 spiro atoms. The summed E-state index contributed by atoms with van der Waals surface area (Å²) in [6.07, 6.45) is 4.12. The van der Waals surface area contributed by atoms with Crippen molar-refractivity contribution in [2.75, 3.05) is 24.5 Å². The van der Waals surface area contributed by atoms with Gasteiger partial charge in [-0.05, 0) is 31.9 Å². The number of hydrogen-bond donors (Lipinski definition) is 2. The second-order valence-corrected chi connectivity index (χ2v) is 7.38. The number of aryl methyl sites for hydroxylation is 1. The Balaban J connectivity index is 1.57. The summed E-state index contributed by atoms with van der Waals surface area (Å²) in [6, 6.07) is 11.0. The lowest BCUT2D eigenvalue weighted by Crippen LogP contribution is -2.44. The molecule has 1 aromatic heterocycles. The summed E-state index contributed by atoms with van der Waals surface area (Å²) in [5.74, 6) is 0.885. The molecule has 134 valence electrons. The molecule has 1 fully saturated rings. The Kier molecular flexibility index (Phi) is 6.28. The van der Waals surface area contributed by atoms with Crippen LogP contribution in [0.3, 0.4) is 0 Å². The molecule has 1 aliphatic rings. The van der Waals surface area contributed by atoms with Crippen LogP contribution in [0.4, 0.5) is 5.69 Å². The Hall–Kier alpha value is -2.08. The number of nitrogens with zero attached hydrogens (tertiary/aromatic N) is 3. The SMILES string of the molecule is CCNC(=NCc1ncc(CC)s1)NC1CCN(c2ccccc2)C1. The zero-order valence-corrected chi connectivity index (χ0v) is 15.9. The van der Waals surface area contributed by atoms with E-state index in [0.29, 0.717) is 12.6 Å². The first kappa shape index (κ1) is 17.7. The van der Waals surface area contributed by atoms with E-state index < -0.39 is 0 Å². The number of anilines is 1. The van der Waals surface area contributed by atoms with Crippen molar-refractivity contribution in [2.24, 2.45) is 4.99 Å². The number of aromatic nitrogens is 1. The first-order valence-electron chi connectivity index (χ1n) is 9.07. The normalized spacial score (nSPS) is 17.8. The monoisotopic (exact) mass is 357 g/mol. The van der Waals surface area contributed by atoms with Crippen LogP contribution in [0.1, 0.15) is 30.2 Å². The molecular weight excluding hydrogens is 330 g/mol. The molecule has 1 saturated heterocycles. The van der Waals surface area contributed by atoms with Gasteiger partial charge in [0.15, 0.2) is 5.96 Å². The van der Waals surface area contributed by atoms with Crippen LogP contribution in [0.5, 0.6) is 0 Å². The fourth-order valence-corrected chi connectivity index (χ4v) is 3.78. The smallest absolute Gasteiger partial charge is 0.191 e. The number of hydrogen-bond acceptors (Lipinski definition) is 4. The van der Waals surface area contributed by atoms with Gasteiger partial charge in [-0.3, -0.25) is 0 Å². The summed E-state index contributed by atoms with van der Waals surface area (Å²) in [7, 11) is 0. The largest absolute Gasteiger partial charge is 0.369 e. The van der Waals surface area contributed by atoms with Crippen molar-refractivity contribution in [3.8, 4) is 0 Å². The van der Waals surface area contributed by atoms with Gasteiger partial charge in [-0.2, -0.15) is 0 Å². The fraction of sp³-hybridized carbons (Fsp3) is 0.474. The average Bonchev–Trinajstić information content (AvgIpc) is 3.30. The Morgan fingerprint density at radius 1 is 1.32 bits per heavy atom. The molecule has 1 atom stereocenters. The van der Waals surface area contributed by atoms with Crippen molar-refractivity contribution >= 4 is 23.0 Å². The van der Waals surface area contributed by atoms with Gasteiger partial charge in [-0.15, -0.1) is 11.3 Å². The molecule has 0 aliphatic carbocycles. The van der Waals surface area contributed by atoms with Crippen LogP contribution in [-0.4, -0.2) is 36.6 Å². The molecule has 2 N–H and O–H groups in total. The zero-order valence-electron chi connectivity index (χ0n) is 15.0. The first-order valence-corrected chi connectivity index (χ1v) is 9.88. The zero-order chi connectivity index (χ0) is 17.5. The van der Waals surface area contributed by atoms with Crippen molar-refractivity contribution in [3.63, 3.8) is 0 Å². The highest BCUT2D eigenvalue weighted by Gasteiger charge is 2.23. The van der Waals surface area contributed by atoms with E-state index in [4.69, 9.17) is 4.99 Å². The van der Waals surface area contributed by atoms with Crippen LogP contribution in [0.25, 0.3) is 0 Å². The lowest BCUT2D eigenvalue weighted by Gasteiger charge is -2.20. The Bertz CT molecular complexity index is 682.